The fraction of sp³-hybridized carbons (Fsp3) is 0.467. The van der Waals surface area contributed by atoms with Crippen molar-refractivity contribution in [1.82, 2.24) is 15.1 Å². The highest BCUT2D eigenvalue weighted by Gasteiger charge is 2.37. The van der Waals surface area contributed by atoms with Crippen molar-refractivity contribution in [3.63, 3.8) is 0 Å². The van der Waals surface area contributed by atoms with Crippen LogP contribution in [0.1, 0.15) is 43.2 Å². The number of carbonyl (C=O) groups is 4. The molecule has 0 aromatic heterocycles. The van der Waals surface area contributed by atoms with Gasteiger partial charge in [0.1, 0.15) is 17.5 Å². The molecule has 2 saturated heterocycles. The van der Waals surface area contributed by atoms with Crippen molar-refractivity contribution in [1.29, 1.82) is 0 Å². The normalized spacial score (nSPS) is 20.1. The van der Waals surface area contributed by atoms with Gasteiger partial charge >= 0.3 is 0 Å². The minimum Gasteiger partial charge on any atom is -0.508 e. The number of Topliss-reactive ketones (excluding diaryl/α,β-unsaturated/α-hetero) is 1. The standard InChI is InChI=1S/C30H39N5O6/c31-23(17-19-5-9-21(36)10-6-19)29(40)34-15-1-3-25(34)27(38)13-14-33-24(18-20-7-11-22(37)12-8-20)30(41)35-16-2-4-26(35)28(32)39/h5-12,23-26,33,36-37H,1-4,13-18,31H2,(H2,32,39)/t23-,24-,25-,26-/m0/s1. The lowest BCUT2D eigenvalue weighted by Gasteiger charge is -2.29. The molecule has 41 heavy (non-hydrogen) atoms. The van der Waals surface area contributed by atoms with E-state index in [-0.39, 0.29) is 42.1 Å². The molecule has 220 valence electrons. The number of benzene rings is 2. The lowest BCUT2D eigenvalue weighted by atomic mass is 10.0. The molecule has 11 nitrogen and oxygen atoms in total. The van der Waals surface area contributed by atoms with Gasteiger partial charge in [-0.05, 0) is 73.9 Å². The summed E-state index contributed by atoms with van der Waals surface area (Å²) in [7, 11) is 0. The van der Waals surface area contributed by atoms with Gasteiger partial charge in [0, 0.05) is 26.1 Å². The second kappa shape index (κ2) is 13.6. The summed E-state index contributed by atoms with van der Waals surface area (Å²) < 4.78 is 0. The van der Waals surface area contributed by atoms with Crippen LogP contribution < -0.4 is 16.8 Å². The highest BCUT2D eigenvalue weighted by atomic mass is 16.3. The third-order valence-electron chi connectivity index (χ3n) is 7.92. The van der Waals surface area contributed by atoms with Gasteiger partial charge in [-0.2, -0.15) is 0 Å². The average Bonchev–Trinajstić information content (AvgIpc) is 3.64. The van der Waals surface area contributed by atoms with E-state index in [4.69, 9.17) is 11.5 Å². The fourth-order valence-corrected chi connectivity index (χ4v) is 5.73. The Bertz CT molecular complexity index is 1230. The van der Waals surface area contributed by atoms with Crippen LogP contribution in [0.5, 0.6) is 11.5 Å². The molecular formula is C30H39N5O6. The Morgan fingerprint density at radius 1 is 0.805 bits per heavy atom. The summed E-state index contributed by atoms with van der Waals surface area (Å²) in [6, 6.07) is 10.3. The minimum atomic E-state index is -0.808. The van der Waals surface area contributed by atoms with E-state index >= 15 is 0 Å². The van der Waals surface area contributed by atoms with E-state index in [9.17, 15) is 29.4 Å². The Labute approximate surface area is 239 Å². The Balaban J connectivity index is 1.37. The molecule has 4 rings (SSSR count). The number of aromatic hydroxyl groups is 2. The van der Waals surface area contributed by atoms with Crippen molar-refractivity contribution < 1.29 is 29.4 Å². The van der Waals surface area contributed by atoms with Crippen molar-refractivity contribution in [3.05, 3.63) is 59.7 Å². The summed E-state index contributed by atoms with van der Waals surface area (Å²) in [5.41, 5.74) is 13.4. The van der Waals surface area contributed by atoms with Gasteiger partial charge in [-0.25, -0.2) is 0 Å². The number of nitrogens with one attached hydrogen (secondary N) is 1. The number of rotatable bonds is 12. The largest absolute Gasteiger partial charge is 0.508 e. The van der Waals surface area contributed by atoms with E-state index in [0.717, 1.165) is 11.1 Å². The van der Waals surface area contributed by atoms with Crippen LogP contribution in [-0.2, 0) is 32.0 Å². The molecule has 2 aromatic carbocycles. The minimum absolute atomic E-state index is 0.104. The molecule has 0 aliphatic carbocycles. The van der Waals surface area contributed by atoms with Crippen molar-refractivity contribution >= 4 is 23.5 Å². The van der Waals surface area contributed by atoms with Crippen LogP contribution in [0.2, 0.25) is 0 Å². The highest BCUT2D eigenvalue weighted by Crippen LogP contribution is 2.22. The quantitative estimate of drug-likeness (QED) is 0.248. The zero-order chi connectivity index (χ0) is 29.5. The first-order valence-electron chi connectivity index (χ1n) is 14.1. The summed E-state index contributed by atoms with van der Waals surface area (Å²) in [6.07, 6.45) is 3.17. The van der Waals surface area contributed by atoms with Crippen LogP contribution in [-0.4, -0.2) is 87.3 Å². The summed E-state index contributed by atoms with van der Waals surface area (Å²) in [5, 5.41) is 22.3. The van der Waals surface area contributed by atoms with Gasteiger partial charge in [-0.1, -0.05) is 24.3 Å². The van der Waals surface area contributed by atoms with Crippen LogP contribution in [0.15, 0.2) is 48.5 Å². The molecule has 0 unspecified atom stereocenters. The maximum atomic E-state index is 13.5. The first-order chi connectivity index (χ1) is 19.6. The molecule has 2 aliphatic rings. The lowest BCUT2D eigenvalue weighted by Crippen LogP contribution is -2.53. The number of ketones is 1. The third kappa shape index (κ3) is 7.62. The van der Waals surface area contributed by atoms with E-state index < -0.39 is 30.1 Å². The number of amides is 3. The molecule has 2 heterocycles. The SMILES string of the molecule is NC(=O)[C@@H]1CCCN1C(=O)[C@H](Cc1ccc(O)cc1)NCCC(=O)[C@@H]1CCCN1C(=O)[C@@H](N)Cc1ccc(O)cc1. The molecule has 0 radical (unpaired) electrons. The van der Waals surface area contributed by atoms with Gasteiger partial charge in [0.15, 0.2) is 5.78 Å². The number of phenols is 2. The van der Waals surface area contributed by atoms with Gasteiger partial charge in [0.2, 0.25) is 17.7 Å². The van der Waals surface area contributed by atoms with E-state index in [2.05, 4.69) is 5.32 Å². The van der Waals surface area contributed by atoms with Crippen molar-refractivity contribution in [2.45, 2.75) is 69.1 Å². The first kappa shape index (κ1) is 30.0. The van der Waals surface area contributed by atoms with Crippen LogP contribution in [0.4, 0.5) is 0 Å². The Morgan fingerprint density at radius 2 is 1.32 bits per heavy atom. The summed E-state index contributed by atoms with van der Waals surface area (Å²) in [5.74, 6) is -0.940. The molecule has 11 heteroatoms. The topological polar surface area (TPSA) is 179 Å². The van der Waals surface area contributed by atoms with Crippen LogP contribution in [0.25, 0.3) is 0 Å². The molecule has 2 fully saturated rings. The lowest BCUT2D eigenvalue weighted by molar-refractivity contribution is -0.139. The van der Waals surface area contributed by atoms with E-state index in [1.807, 2.05) is 0 Å². The van der Waals surface area contributed by atoms with E-state index in [0.29, 0.717) is 51.6 Å². The Kier molecular flexibility index (Phi) is 9.95. The van der Waals surface area contributed by atoms with Gasteiger partial charge in [-0.3, -0.25) is 19.2 Å². The maximum absolute atomic E-state index is 13.5. The second-order valence-electron chi connectivity index (χ2n) is 10.9. The van der Waals surface area contributed by atoms with Crippen LogP contribution in [0, 0.1) is 0 Å². The number of phenolic OH excluding ortho intramolecular Hbond substituents is 2. The van der Waals surface area contributed by atoms with Crippen molar-refractivity contribution in [2.24, 2.45) is 11.5 Å². The molecule has 7 N–H and O–H groups in total. The molecule has 4 atom stereocenters. The summed E-state index contributed by atoms with van der Waals surface area (Å²) in [4.78, 5) is 54.9. The smallest absolute Gasteiger partial charge is 0.240 e. The molecule has 0 saturated carbocycles. The number of carbonyl (C=O) groups excluding carboxylic acids is 4. The molecule has 0 bridgehead atoms. The average molecular weight is 566 g/mol. The molecule has 2 aliphatic heterocycles. The van der Waals surface area contributed by atoms with Gasteiger partial charge < -0.3 is 36.8 Å². The van der Waals surface area contributed by atoms with E-state index in [1.54, 1.807) is 53.4 Å². The van der Waals surface area contributed by atoms with Crippen LogP contribution >= 0.6 is 0 Å². The predicted octanol–water partition coefficient (Wildman–Crippen LogP) is 0.595. The van der Waals surface area contributed by atoms with Gasteiger partial charge in [0.05, 0.1) is 18.1 Å². The summed E-state index contributed by atoms with van der Waals surface area (Å²) in [6.45, 7) is 1.10. The number of nitrogens with two attached hydrogens (primary N) is 2. The molecule has 2 aromatic rings. The number of likely N-dealkylation sites (tertiary alicyclic amines) is 2. The van der Waals surface area contributed by atoms with Gasteiger partial charge in [0.25, 0.3) is 0 Å². The molecule has 0 spiro atoms. The molecule has 3 amide bonds. The molecular weight excluding hydrogens is 526 g/mol. The third-order valence-corrected chi connectivity index (χ3v) is 7.92. The zero-order valence-corrected chi connectivity index (χ0v) is 23.1. The highest BCUT2D eigenvalue weighted by molar-refractivity contribution is 5.92. The van der Waals surface area contributed by atoms with Crippen LogP contribution in [0.3, 0.4) is 0 Å². The maximum Gasteiger partial charge on any atom is 0.240 e. The second-order valence-corrected chi connectivity index (χ2v) is 10.9. The van der Waals surface area contributed by atoms with E-state index in [1.165, 1.54) is 4.90 Å². The number of primary amides is 1. The Morgan fingerprint density at radius 3 is 1.88 bits per heavy atom. The first-order valence-corrected chi connectivity index (χ1v) is 14.1. The summed E-state index contributed by atoms with van der Waals surface area (Å²) >= 11 is 0. The number of nitrogens with zero attached hydrogens (tertiary/aromatic N) is 2. The van der Waals surface area contributed by atoms with Gasteiger partial charge in [-0.15, -0.1) is 0 Å². The van der Waals surface area contributed by atoms with Crippen molar-refractivity contribution in [3.8, 4) is 11.5 Å². The number of hydrogen-bond acceptors (Lipinski definition) is 8. The monoisotopic (exact) mass is 565 g/mol. The predicted molar refractivity (Wildman–Crippen MR) is 152 cm³/mol. The number of hydrogen-bond donors (Lipinski definition) is 5. The Hall–Kier alpha value is -3.96. The fourth-order valence-electron chi connectivity index (χ4n) is 5.73. The zero-order valence-electron chi connectivity index (χ0n) is 23.1. The van der Waals surface area contributed by atoms with Crippen molar-refractivity contribution in [2.75, 3.05) is 19.6 Å².